The molecule has 0 aromatic heterocycles. The molecule has 25 heavy (non-hydrogen) atoms. The number of rotatable bonds is 3. The molecular formula is C20H25N3O2. The van der Waals surface area contributed by atoms with Gasteiger partial charge in [-0.2, -0.15) is 0 Å². The van der Waals surface area contributed by atoms with Crippen LogP contribution in [0.25, 0.3) is 0 Å². The van der Waals surface area contributed by atoms with E-state index in [1.54, 1.807) is 6.08 Å². The van der Waals surface area contributed by atoms with Crippen molar-refractivity contribution in [3.63, 3.8) is 0 Å². The lowest BCUT2D eigenvalue weighted by molar-refractivity contribution is -0.139. The Morgan fingerprint density at radius 2 is 2.20 bits per heavy atom. The lowest BCUT2D eigenvalue weighted by atomic mass is 9.51. The topological polar surface area (TPSA) is 70.2 Å². The molecule has 4 aliphatic rings. The number of anilines is 1. The van der Waals surface area contributed by atoms with Gasteiger partial charge >= 0.3 is 0 Å². The molecule has 3 N–H and O–H groups in total. The zero-order valence-electron chi connectivity index (χ0n) is 14.6. The van der Waals surface area contributed by atoms with Gasteiger partial charge in [0.15, 0.2) is 0 Å². The summed E-state index contributed by atoms with van der Waals surface area (Å²) in [5.74, 6) is 0.349. The molecular weight excluding hydrogens is 314 g/mol. The van der Waals surface area contributed by atoms with Crippen LogP contribution in [0.2, 0.25) is 0 Å². The van der Waals surface area contributed by atoms with Crippen molar-refractivity contribution in [3.05, 3.63) is 42.5 Å². The molecule has 5 rings (SSSR count). The second-order valence-corrected chi connectivity index (χ2v) is 7.98. The second kappa shape index (κ2) is 5.61. The van der Waals surface area contributed by atoms with Crippen LogP contribution >= 0.6 is 0 Å². The number of fused-ring (bicyclic) bond motifs is 3. The van der Waals surface area contributed by atoms with Crippen LogP contribution in [0.3, 0.4) is 0 Å². The maximum absolute atomic E-state index is 12.7. The van der Waals surface area contributed by atoms with Gasteiger partial charge in [0, 0.05) is 24.1 Å². The Bertz CT molecular complexity index is 746. The van der Waals surface area contributed by atoms with Crippen molar-refractivity contribution in [1.82, 2.24) is 10.6 Å². The van der Waals surface area contributed by atoms with Crippen molar-refractivity contribution < 1.29 is 9.59 Å². The summed E-state index contributed by atoms with van der Waals surface area (Å²) in [7, 11) is 0. The number of hydrogen-bond donors (Lipinski definition) is 3. The van der Waals surface area contributed by atoms with Crippen LogP contribution in [0.5, 0.6) is 0 Å². The molecule has 3 aliphatic carbocycles. The number of hydrogen-bond acceptors (Lipinski definition) is 3. The Balaban J connectivity index is 1.63. The first-order valence-corrected chi connectivity index (χ1v) is 9.06. The Morgan fingerprint density at radius 3 is 2.96 bits per heavy atom. The van der Waals surface area contributed by atoms with Crippen LogP contribution < -0.4 is 16.0 Å². The summed E-state index contributed by atoms with van der Waals surface area (Å²) < 4.78 is 0. The molecule has 4 atom stereocenters. The van der Waals surface area contributed by atoms with E-state index in [1.807, 2.05) is 24.3 Å². The summed E-state index contributed by atoms with van der Waals surface area (Å²) in [5.41, 5.74) is 1.04. The number of carbonyl (C=O) groups is 2. The first-order chi connectivity index (χ1) is 12.0. The molecule has 2 amide bonds. The molecule has 1 aromatic rings. The van der Waals surface area contributed by atoms with E-state index in [0.29, 0.717) is 12.1 Å². The van der Waals surface area contributed by atoms with Crippen molar-refractivity contribution >= 4 is 17.5 Å². The third-order valence-electron chi connectivity index (χ3n) is 6.41. The standard InChI is InChI=1S/C20H25N3O2/c1-3-10-21-18(25)15-11-13-8-9-19(15,2)12-20(13)22-16-7-5-4-6-14(16)17(24)23-20/h3-7,13,15,22H,1,8-12H2,2H3,(H,21,25)(H,23,24)/t13-,15+,19+,20-/m1/s1. The van der Waals surface area contributed by atoms with Gasteiger partial charge in [0.25, 0.3) is 5.91 Å². The van der Waals surface area contributed by atoms with E-state index in [2.05, 4.69) is 29.5 Å². The molecule has 132 valence electrons. The summed E-state index contributed by atoms with van der Waals surface area (Å²) in [6, 6.07) is 7.65. The highest BCUT2D eigenvalue weighted by Crippen LogP contribution is 2.58. The van der Waals surface area contributed by atoms with Gasteiger partial charge in [-0.3, -0.25) is 9.59 Å². The average Bonchev–Trinajstić information content (AvgIpc) is 2.59. The number of para-hydroxylation sites is 1. The molecule has 5 heteroatoms. The van der Waals surface area contributed by atoms with Crippen LogP contribution in [-0.4, -0.2) is 24.0 Å². The summed E-state index contributed by atoms with van der Waals surface area (Å²) in [4.78, 5) is 25.3. The van der Waals surface area contributed by atoms with Crippen LogP contribution in [-0.2, 0) is 4.79 Å². The lowest BCUT2D eigenvalue weighted by Gasteiger charge is -2.60. The maximum Gasteiger partial charge on any atom is 0.255 e. The largest absolute Gasteiger partial charge is 0.362 e. The van der Waals surface area contributed by atoms with Gasteiger partial charge in [-0.15, -0.1) is 6.58 Å². The van der Waals surface area contributed by atoms with Gasteiger partial charge in [-0.05, 0) is 43.2 Å². The number of amides is 2. The zero-order chi connectivity index (χ0) is 17.7. The quantitative estimate of drug-likeness (QED) is 0.742. The molecule has 1 aliphatic heterocycles. The van der Waals surface area contributed by atoms with E-state index in [1.165, 1.54) is 0 Å². The Morgan fingerprint density at radius 1 is 1.40 bits per heavy atom. The van der Waals surface area contributed by atoms with Crippen LogP contribution in [0, 0.1) is 17.3 Å². The van der Waals surface area contributed by atoms with Crippen molar-refractivity contribution in [2.45, 2.75) is 38.3 Å². The van der Waals surface area contributed by atoms with Crippen molar-refractivity contribution in [2.24, 2.45) is 17.3 Å². The first-order valence-electron chi connectivity index (χ1n) is 9.06. The minimum Gasteiger partial charge on any atom is -0.362 e. The molecule has 0 saturated heterocycles. The second-order valence-electron chi connectivity index (χ2n) is 7.98. The third kappa shape index (κ3) is 2.44. The van der Waals surface area contributed by atoms with Crippen LogP contribution in [0.1, 0.15) is 43.0 Å². The maximum atomic E-state index is 12.7. The SMILES string of the molecule is C=CCNC(=O)[C@@H]1C[C@H]2CC[C@@]1(C)C[C@@]21NC(=O)c2ccccc2N1. The molecule has 0 unspecified atom stereocenters. The molecule has 2 bridgehead atoms. The lowest BCUT2D eigenvalue weighted by Crippen LogP contribution is -2.70. The Kier molecular flexibility index (Phi) is 3.63. The molecule has 0 radical (unpaired) electrons. The van der Waals surface area contributed by atoms with Gasteiger partial charge in [0.1, 0.15) is 5.66 Å². The number of benzene rings is 1. The molecule has 1 spiro atoms. The number of nitrogens with one attached hydrogen (secondary N) is 3. The zero-order valence-corrected chi connectivity index (χ0v) is 14.6. The predicted octanol–water partition coefficient (Wildman–Crippen LogP) is 2.67. The minimum absolute atomic E-state index is 0.00676. The van der Waals surface area contributed by atoms with Crippen molar-refractivity contribution in [1.29, 1.82) is 0 Å². The highest BCUT2D eigenvalue weighted by atomic mass is 16.2. The molecule has 3 saturated carbocycles. The van der Waals surface area contributed by atoms with E-state index in [4.69, 9.17) is 0 Å². The highest BCUT2D eigenvalue weighted by molar-refractivity contribution is 6.02. The van der Waals surface area contributed by atoms with Crippen LogP contribution in [0.4, 0.5) is 5.69 Å². The fourth-order valence-corrected chi connectivity index (χ4v) is 5.15. The van der Waals surface area contributed by atoms with E-state index < -0.39 is 5.66 Å². The average molecular weight is 339 g/mol. The molecule has 1 heterocycles. The fourth-order valence-electron chi connectivity index (χ4n) is 5.15. The van der Waals surface area contributed by atoms with Gasteiger partial charge in [0.2, 0.25) is 5.91 Å². The van der Waals surface area contributed by atoms with Crippen molar-refractivity contribution in [2.75, 3.05) is 11.9 Å². The summed E-state index contributed by atoms with van der Waals surface area (Å²) >= 11 is 0. The Hall–Kier alpha value is -2.30. The smallest absolute Gasteiger partial charge is 0.255 e. The first kappa shape index (κ1) is 16.2. The predicted molar refractivity (Wildman–Crippen MR) is 97.0 cm³/mol. The number of carbonyl (C=O) groups excluding carboxylic acids is 2. The monoisotopic (exact) mass is 339 g/mol. The van der Waals surface area contributed by atoms with Gasteiger partial charge in [0.05, 0.1) is 5.56 Å². The van der Waals surface area contributed by atoms with E-state index >= 15 is 0 Å². The van der Waals surface area contributed by atoms with Crippen LogP contribution in [0.15, 0.2) is 36.9 Å². The summed E-state index contributed by atoms with van der Waals surface area (Å²) in [5, 5.41) is 9.83. The van der Waals surface area contributed by atoms with Gasteiger partial charge < -0.3 is 16.0 Å². The summed E-state index contributed by atoms with van der Waals surface area (Å²) in [6.45, 7) is 6.36. The summed E-state index contributed by atoms with van der Waals surface area (Å²) in [6.07, 6.45) is 5.33. The van der Waals surface area contributed by atoms with Gasteiger partial charge in [-0.1, -0.05) is 25.1 Å². The normalized spacial score (nSPS) is 35.5. The molecule has 1 aromatic carbocycles. The van der Waals surface area contributed by atoms with E-state index in [9.17, 15) is 9.59 Å². The fraction of sp³-hybridized carbons (Fsp3) is 0.500. The molecule has 3 fully saturated rings. The van der Waals surface area contributed by atoms with E-state index in [0.717, 1.165) is 31.4 Å². The Labute approximate surface area is 148 Å². The van der Waals surface area contributed by atoms with Gasteiger partial charge in [-0.25, -0.2) is 0 Å². The van der Waals surface area contributed by atoms with E-state index in [-0.39, 0.29) is 29.1 Å². The third-order valence-corrected chi connectivity index (χ3v) is 6.41. The molecule has 5 nitrogen and oxygen atoms in total. The minimum atomic E-state index is -0.437. The van der Waals surface area contributed by atoms with Crippen molar-refractivity contribution in [3.8, 4) is 0 Å². The highest BCUT2D eigenvalue weighted by Gasteiger charge is 2.60.